The fourth-order valence-corrected chi connectivity index (χ4v) is 2.28. The van der Waals surface area contributed by atoms with Crippen LogP contribution in [-0.4, -0.2) is 57.5 Å². The summed E-state index contributed by atoms with van der Waals surface area (Å²) in [5.41, 5.74) is 3.27. The van der Waals surface area contributed by atoms with E-state index in [1.54, 1.807) is 7.11 Å². The molecule has 0 aromatic rings. The Balaban J connectivity index is 2.25. The average Bonchev–Trinajstić information content (AvgIpc) is 2.35. The number of nitrogens with one attached hydrogen (secondary N) is 1. The average molecular weight is 256 g/mol. The maximum absolute atomic E-state index is 11.8. The van der Waals surface area contributed by atoms with Crippen molar-refractivity contribution in [1.82, 2.24) is 10.4 Å². The minimum atomic E-state index is -0.00126. The topological polar surface area (TPSA) is 50.8 Å². The number of hydroxylamine groups is 1. The van der Waals surface area contributed by atoms with Gasteiger partial charge in [-0.3, -0.25) is 4.90 Å². The standard InChI is InChI=1S/C12H25BN2O3/c1-4-5-8-18-14-10-6-7-11(15(2)9-10)12(16)13-17-3/h10-11,13-14H,4-9H2,1-3H3/t10-,11+/m1/s1. The van der Waals surface area contributed by atoms with E-state index in [0.717, 1.165) is 38.8 Å². The van der Waals surface area contributed by atoms with Crippen molar-refractivity contribution in [3.8, 4) is 0 Å². The number of unbranched alkanes of at least 4 members (excludes halogenated alkanes) is 1. The zero-order chi connectivity index (χ0) is 13.4. The third kappa shape index (κ3) is 5.06. The number of rotatable bonds is 8. The van der Waals surface area contributed by atoms with E-state index in [-0.39, 0.29) is 19.2 Å². The maximum Gasteiger partial charge on any atom is 0.353 e. The summed E-state index contributed by atoms with van der Waals surface area (Å²) in [4.78, 5) is 19.3. The molecule has 1 saturated heterocycles. The van der Waals surface area contributed by atoms with E-state index in [1.165, 1.54) is 0 Å². The molecular formula is C12H25BN2O3. The van der Waals surface area contributed by atoms with Gasteiger partial charge in [-0.15, -0.1) is 0 Å². The van der Waals surface area contributed by atoms with Gasteiger partial charge in [0.25, 0.3) is 0 Å². The van der Waals surface area contributed by atoms with Gasteiger partial charge in [-0.25, -0.2) is 0 Å². The van der Waals surface area contributed by atoms with Crippen molar-refractivity contribution in [2.75, 3.05) is 27.3 Å². The van der Waals surface area contributed by atoms with E-state index >= 15 is 0 Å². The summed E-state index contributed by atoms with van der Waals surface area (Å²) in [6, 6.07) is 0.317. The molecule has 2 atom stereocenters. The molecule has 104 valence electrons. The fraction of sp³-hybridized carbons (Fsp3) is 0.917. The Bertz CT molecular complexity index is 253. The number of carbonyl (C=O) groups excluding carboxylic acids is 1. The zero-order valence-corrected chi connectivity index (χ0v) is 11.8. The summed E-state index contributed by atoms with van der Waals surface area (Å²) >= 11 is 0. The smallest absolute Gasteiger partial charge is 0.353 e. The first kappa shape index (κ1) is 15.6. The van der Waals surface area contributed by atoms with Crippen LogP contribution in [0.5, 0.6) is 0 Å². The van der Waals surface area contributed by atoms with Crippen molar-refractivity contribution in [2.45, 2.75) is 44.7 Å². The molecule has 5 nitrogen and oxygen atoms in total. The molecule has 0 aromatic carbocycles. The Morgan fingerprint density at radius 1 is 1.50 bits per heavy atom. The second kappa shape index (κ2) is 8.64. The Morgan fingerprint density at radius 2 is 2.28 bits per heavy atom. The lowest BCUT2D eigenvalue weighted by atomic mass is 9.82. The van der Waals surface area contributed by atoms with Gasteiger partial charge in [-0.05, 0) is 26.3 Å². The third-order valence-electron chi connectivity index (χ3n) is 3.34. The molecule has 1 aliphatic heterocycles. The van der Waals surface area contributed by atoms with Crippen LogP contribution < -0.4 is 5.48 Å². The minimum Gasteiger partial charge on any atom is -0.434 e. The van der Waals surface area contributed by atoms with Gasteiger partial charge < -0.3 is 14.3 Å². The molecular weight excluding hydrogens is 231 g/mol. The fourth-order valence-electron chi connectivity index (χ4n) is 2.28. The monoisotopic (exact) mass is 256 g/mol. The van der Waals surface area contributed by atoms with Gasteiger partial charge >= 0.3 is 7.48 Å². The lowest BCUT2D eigenvalue weighted by molar-refractivity contribution is -0.119. The van der Waals surface area contributed by atoms with Crippen LogP contribution in [0.2, 0.25) is 0 Å². The highest BCUT2D eigenvalue weighted by Crippen LogP contribution is 2.16. The Hall–Kier alpha value is -0.425. The van der Waals surface area contributed by atoms with Crippen molar-refractivity contribution in [3.63, 3.8) is 0 Å². The van der Waals surface area contributed by atoms with Gasteiger partial charge in [0.1, 0.15) is 5.68 Å². The van der Waals surface area contributed by atoms with Crippen molar-refractivity contribution in [3.05, 3.63) is 0 Å². The van der Waals surface area contributed by atoms with Crippen LogP contribution in [0.4, 0.5) is 0 Å². The summed E-state index contributed by atoms with van der Waals surface area (Å²) in [6.07, 6.45) is 4.05. The predicted molar refractivity (Wildman–Crippen MR) is 72.6 cm³/mol. The van der Waals surface area contributed by atoms with E-state index in [2.05, 4.69) is 17.3 Å². The number of likely N-dealkylation sites (tertiary alicyclic amines) is 1. The van der Waals surface area contributed by atoms with Crippen molar-refractivity contribution in [1.29, 1.82) is 0 Å². The summed E-state index contributed by atoms with van der Waals surface area (Å²) in [7, 11) is 3.75. The third-order valence-corrected chi connectivity index (χ3v) is 3.34. The van der Waals surface area contributed by atoms with E-state index in [0.29, 0.717) is 6.04 Å². The van der Waals surface area contributed by atoms with Crippen LogP contribution in [-0.2, 0) is 14.3 Å². The SMILES string of the molecule is CCCCON[C@@H]1CC[C@@H](C(=O)BOC)N(C)C1. The normalized spacial score (nSPS) is 25.1. The van der Waals surface area contributed by atoms with Gasteiger partial charge in [0.15, 0.2) is 0 Å². The Kier molecular flexibility index (Phi) is 7.50. The van der Waals surface area contributed by atoms with Crippen molar-refractivity contribution in [2.24, 2.45) is 0 Å². The Morgan fingerprint density at radius 3 is 2.89 bits per heavy atom. The molecule has 1 fully saturated rings. The second-order valence-electron chi connectivity index (χ2n) is 4.95. The first-order valence-corrected chi connectivity index (χ1v) is 6.78. The molecule has 0 amide bonds. The predicted octanol–water partition coefficient (Wildman–Crippen LogP) is 0.295. The number of hydrogen-bond donors (Lipinski definition) is 1. The molecule has 1 heterocycles. The van der Waals surface area contributed by atoms with Crippen LogP contribution >= 0.6 is 0 Å². The molecule has 0 aromatic heterocycles. The van der Waals surface area contributed by atoms with Crippen LogP contribution in [0.25, 0.3) is 0 Å². The Labute approximate surface area is 110 Å². The number of likely N-dealkylation sites (N-methyl/N-ethyl adjacent to an activating group) is 1. The van der Waals surface area contributed by atoms with Crippen molar-refractivity contribution >= 4 is 13.2 Å². The van der Waals surface area contributed by atoms with Crippen LogP contribution in [0.1, 0.15) is 32.6 Å². The molecule has 0 spiro atoms. The molecule has 6 heteroatoms. The lowest BCUT2D eigenvalue weighted by Crippen LogP contribution is -2.52. The summed E-state index contributed by atoms with van der Waals surface area (Å²) in [5, 5.41) is 0. The molecule has 0 bridgehead atoms. The van der Waals surface area contributed by atoms with Gasteiger partial charge in [0.2, 0.25) is 0 Å². The van der Waals surface area contributed by atoms with Gasteiger partial charge in [0.05, 0.1) is 12.6 Å². The van der Waals surface area contributed by atoms with Gasteiger partial charge in [0, 0.05) is 19.7 Å². The lowest BCUT2D eigenvalue weighted by Gasteiger charge is -2.36. The number of hydrogen-bond acceptors (Lipinski definition) is 5. The molecule has 0 radical (unpaired) electrons. The van der Waals surface area contributed by atoms with Crippen LogP contribution in [0.3, 0.4) is 0 Å². The maximum atomic E-state index is 11.8. The number of nitrogens with zero attached hydrogens (tertiary/aromatic N) is 1. The molecule has 18 heavy (non-hydrogen) atoms. The van der Waals surface area contributed by atoms with Crippen LogP contribution in [0, 0.1) is 0 Å². The van der Waals surface area contributed by atoms with E-state index in [1.807, 2.05) is 7.05 Å². The quantitative estimate of drug-likeness (QED) is 0.384. The van der Waals surface area contributed by atoms with E-state index in [4.69, 9.17) is 9.49 Å². The van der Waals surface area contributed by atoms with E-state index < -0.39 is 0 Å². The number of piperidine rings is 1. The zero-order valence-electron chi connectivity index (χ0n) is 11.8. The van der Waals surface area contributed by atoms with Gasteiger partial charge in [-0.1, -0.05) is 13.3 Å². The molecule has 0 aliphatic carbocycles. The highest BCUT2D eigenvalue weighted by molar-refractivity contribution is 6.70. The number of carbonyl (C=O) groups is 1. The summed E-state index contributed by atoms with van der Waals surface area (Å²) < 4.78 is 4.91. The minimum absolute atomic E-state index is 0.00126. The molecule has 1 rings (SSSR count). The largest absolute Gasteiger partial charge is 0.434 e. The summed E-state index contributed by atoms with van der Waals surface area (Å²) in [5.74, 6) is 0. The first-order chi connectivity index (χ1) is 8.69. The summed E-state index contributed by atoms with van der Waals surface area (Å²) in [6.45, 7) is 3.73. The van der Waals surface area contributed by atoms with Crippen LogP contribution in [0.15, 0.2) is 0 Å². The second-order valence-corrected chi connectivity index (χ2v) is 4.95. The molecule has 1 aliphatic rings. The van der Waals surface area contributed by atoms with Crippen molar-refractivity contribution < 1.29 is 14.3 Å². The first-order valence-electron chi connectivity index (χ1n) is 6.78. The molecule has 1 N–H and O–H groups in total. The molecule has 0 unspecified atom stereocenters. The highest BCUT2D eigenvalue weighted by atomic mass is 16.6. The highest BCUT2D eigenvalue weighted by Gasteiger charge is 2.30. The van der Waals surface area contributed by atoms with Gasteiger partial charge in [-0.2, -0.15) is 5.48 Å². The van der Waals surface area contributed by atoms with E-state index in [9.17, 15) is 4.79 Å². The molecule has 0 saturated carbocycles.